The number of unbranched alkanes of at least 4 members (excludes halogenated alkanes) is 31. The maximum absolute atomic E-state index is 13.1. The molecule has 0 aliphatic rings. The van der Waals surface area contributed by atoms with Crippen LogP contribution in [0.3, 0.4) is 0 Å². The first-order chi connectivity index (χ1) is 43.5. The van der Waals surface area contributed by atoms with Gasteiger partial charge in [-0.3, -0.25) is 13.8 Å². The van der Waals surface area contributed by atoms with Crippen LogP contribution < -0.4 is 5.32 Å². The first kappa shape index (κ1) is 85.4. The molecule has 8 nitrogen and oxygen atoms in total. The van der Waals surface area contributed by atoms with Gasteiger partial charge < -0.3 is 19.8 Å². The monoisotopic (exact) mass is 1260 g/mol. The van der Waals surface area contributed by atoms with E-state index in [4.69, 9.17) is 9.05 Å². The fourth-order valence-corrected chi connectivity index (χ4v) is 10.9. The minimum Gasteiger partial charge on any atom is -0.387 e. The molecule has 0 saturated carbocycles. The summed E-state index contributed by atoms with van der Waals surface area (Å²) in [5.41, 5.74) is 0. The van der Waals surface area contributed by atoms with Crippen LogP contribution in [0.15, 0.2) is 146 Å². The molecule has 3 unspecified atom stereocenters. The van der Waals surface area contributed by atoms with Gasteiger partial charge in [-0.05, 0) is 103 Å². The molecule has 0 saturated heterocycles. The van der Waals surface area contributed by atoms with Crippen molar-refractivity contribution in [1.82, 2.24) is 5.32 Å². The highest BCUT2D eigenvalue weighted by Crippen LogP contribution is 2.43. The molecule has 0 radical (unpaired) electrons. The molecule has 1 amide bonds. The van der Waals surface area contributed by atoms with Crippen LogP contribution in [-0.4, -0.2) is 73.4 Å². The number of carbonyl (C=O) groups excluding carboxylic acids is 1. The third-order valence-electron chi connectivity index (χ3n) is 15.8. The van der Waals surface area contributed by atoms with Gasteiger partial charge in [-0.15, -0.1) is 0 Å². The van der Waals surface area contributed by atoms with E-state index < -0.39 is 20.0 Å². The van der Waals surface area contributed by atoms with Gasteiger partial charge in [0, 0.05) is 6.42 Å². The lowest BCUT2D eigenvalue weighted by Gasteiger charge is -2.25. The molecule has 510 valence electrons. The maximum Gasteiger partial charge on any atom is 0.472 e. The summed E-state index contributed by atoms with van der Waals surface area (Å²) in [6, 6.07) is -0.870. The second-order valence-electron chi connectivity index (χ2n) is 25.6. The number of hydrogen-bond acceptors (Lipinski definition) is 5. The number of likely N-dealkylation sites (N-methyl/N-ethyl adjacent to an activating group) is 1. The van der Waals surface area contributed by atoms with Gasteiger partial charge in [0.2, 0.25) is 5.91 Å². The van der Waals surface area contributed by atoms with Crippen molar-refractivity contribution < 1.29 is 32.9 Å². The van der Waals surface area contributed by atoms with Crippen molar-refractivity contribution in [3.63, 3.8) is 0 Å². The van der Waals surface area contributed by atoms with Crippen LogP contribution in [0.2, 0.25) is 0 Å². The van der Waals surface area contributed by atoms with E-state index in [1.165, 1.54) is 154 Å². The number of carbonyl (C=O) groups is 1. The normalized spacial score (nSPS) is 14.5. The Morgan fingerprint density at radius 1 is 0.393 bits per heavy atom. The Morgan fingerprint density at radius 3 is 0.989 bits per heavy atom. The number of allylic oxidation sites excluding steroid dienone is 23. The average molecular weight is 1260 g/mol. The van der Waals surface area contributed by atoms with E-state index in [2.05, 4.69) is 153 Å². The van der Waals surface area contributed by atoms with Crippen molar-refractivity contribution in [2.24, 2.45) is 0 Å². The number of rotatable bonds is 66. The number of aliphatic hydroxyl groups is 1. The zero-order chi connectivity index (χ0) is 64.8. The lowest BCUT2D eigenvalue weighted by molar-refractivity contribution is -0.870. The van der Waals surface area contributed by atoms with E-state index in [1.54, 1.807) is 6.08 Å². The standard InChI is InChI=1S/C80H139N2O6P/c1-6-8-10-12-14-16-18-20-22-24-26-28-30-32-34-36-37-38-39-40-41-42-43-44-45-46-48-50-52-54-56-58-60-62-64-66-68-70-72-74-80(84)81-78(77-88-89(85,86)87-76-75-82(3,4)5)79(83)73-71-69-67-65-63-61-59-57-55-53-51-49-47-35-33-31-29-27-25-23-21-19-17-15-13-11-9-7-2/h8,10,14,16,20,22,26,28,32,34,37-38,40-41,43-44,46,48,52,54,58,60,71,73,78-79,83H,6-7,9,11-13,15,17-19,21,23-25,27,29-31,33,35-36,39,42,45,47,49-51,53,55-57,59,61-70,72,74-77H2,1-5H3,(H-,81,84,85,86)/p+1/b10-8-,16-14-,22-20-,28-26-,34-32-,38-37-,41-40-,44-43-,48-46-,54-52-,60-58-,73-71+. The number of phosphoric ester groups is 1. The molecule has 9 heteroatoms. The Balaban J connectivity index is 4.17. The summed E-state index contributed by atoms with van der Waals surface area (Å²) in [7, 11) is 1.55. The van der Waals surface area contributed by atoms with Gasteiger partial charge in [-0.25, -0.2) is 4.57 Å². The fourth-order valence-electron chi connectivity index (χ4n) is 10.2. The number of amides is 1. The average Bonchev–Trinajstić information content (AvgIpc) is 3.55. The van der Waals surface area contributed by atoms with Gasteiger partial charge in [-0.2, -0.15) is 0 Å². The molecule has 0 fully saturated rings. The van der Waals surface area contributed by atoms with Gasteiger partial charge in [0.05, 0.1) is 39.9 Å². The molecule has 0 aromatic carbocycles. The number of aliphatic hydroxyl groups excluding tert-OH is 1. The number of hydrogen-bond donors (Lipinski definition) is 3. The molecule has 0 rings (SSSR count). The van der Waals surface area contributed by atoms with Gasteiger partial charge in [0.25, 0.3) is 0 Å². The summed E-state index contributed by atoms with van der Waals surface area (Å²) >= 11 is 0. The summed E-state index contributed by atoms with van der Waals surface area (Å²) in [5, 5.41) is 14.0. The number of phosphoric acid groups is 1. The minimum absolute atomic E-state index is 0.0504. The first-order valence-electron chi connectivity index (χ1n) is 36.7. The Bertz CT molecular complexity index is 1960. The molecule has 3 atom stereocenters. The Labute approximate surface area is 550 Å². The second kappa shape index (κ2) is 68.7. The third-order valence-corrected chi connectivity index (χ3v) is 16.8. The van der Waals surface area contributed by atoms with E-state index in [0.29, 0.717) is 17.4 Å². The molecule has 0 spiro atoms. The summed E-state index contributed by atoms with van der Waals surface area (Å²) in [6.45, 7) is 4.70. The highest BCUT2D eigenvalue weighted by atomic mass is 31.2. The van der Waals surface area contributed by atoms with E-state index in [-0.39, 0.29) is 19.1 Å². The molecular formula is C80H140N2O6P+. The van der Waals surface area contributed by atoms with Gasteiger partial charge in [-0.1, -0.05) is 339 Å². The lowest BCUT2D eigenvalue weighted by atomic mass is 10.0. The summed E-state index contributed by atoms with van der Waals surface area (Å²) in [4.78, 5) is 23.4. The first-order valence-corrected chi connectivity index (χ1v) is 38.2. The van der Waals surface area contributed by atoms with Crippen LogP contribution in [0.25, 0.3) is 0 Å². The Hall–Kier alpha value is -3.62. The second-order valence-corrected chi connectivity index (χ2v) is 27.0. The van der Waals surface area contributed by atoms with Crippen LogP contribution in [0.1, 0.15) is 303 Å². The summed E-state index contributed by atoms with van der Waals surface area (Å²) in [6.07, 6.45) is 106. The quantitative estimate of drug-likeness (QED) is 0.0243. The van der Waals surface area contributed by atoms with Crippen LogP contribution in [0.5, 0.6) is 0 Å². The number of nitrogens with zero attached hydrogens (tertiary/aromatic N) is 1. The Kier molecular flexibility index (Phi) is 65.9. The molecule has 89 heavy (non-hydrogen) atoms. The van der Waals surface area contributed by atoms with E-state index in [1.807, 2.05) is 27.2 Å². The summed E-state index contributed by atoms with van der Waals surface area (Å²) < 4.78 is 23.8. The zero-order valence-electron chi connectivity index (χ0n) is 58.4. The number of nitrogens with one attached hydrogen (secondary N) is 1. The van der Waals surface area contributed by atoms with Crippen molar-refractivity contribution in [3.05, 3.63) is 146 Å². The van der Waals surface area contributed by atoms with Crippen LogP contribution in [-0.2, 0) is 18.4 Å². The minimum atomic E-state index is -4.37. The van der Waals surface area contributed by atoms with Crippen LogP contribution >= 0.6 is 7.82 Å². The van der Waals surface area contributed by atoms with Crippen molar-refractivity contribution >= 4 is 13.7 Å². The van der Waals surface area contributed by atoms with E-state index in [0.717, 1.165) is 128 Å². The van der Waals surface area contributed by atoms with Crippen LogP contribution in [0.4, 0.5) is 0 Å². The molecule has 0 aliphatic heterocycles. The summed E-state index contributed by atoms with van der Waals surface area (Å²) in [5.74, 6) is -0.198. The van der Waals surface area contributed by atoms with Crippen LogP contribution in [0, 0.1) is 0 Å². The van der Waals surface area contributed by atoms with Gasteiger partial charge in [0.1, 0.15) is 13.2 Å². The van der Waals surface area contributed by atoms with Crippen molar-refractivity contribution in [1.29, 1.82) is 0 Å². The van der Waals surface area contributed by atoms with Gasteiger partial charge in [0.15, 0.2) is 0 Å². The fraction of sp³-hybridized carbons (Fsp3) is 0.688. The molecule has 0 aromatic rings. The largest absolute Gasteiger partial charge is 0.472 e. The van der Waals surface area contributed by atoms with Crippen molar-refractivity contribution in [2.75, 3.05) is 40.9 Å². The molecule has 0 aromatic heterocycles. The Morgan fingerprint density at radius 2 is 0.674 bits per heavy atom. The molecule has 0 heterocycles. The molecule has 0 bridgehead atoms. The predicted octanol–water partition coefficient (Wildman–Crippen LogP) is 23.9. The highest BCUT2D eigenvalue weighted by molar-refractivity contribution is 7.47. The van der Waals surface area contributed by atoms with E-state index >= 15 is 0 Å². The van der Waals surface area contributed by atoms with Crippen molar-refractivity contribution in [3.8, 4) is 0 Å². The molecule has 0 aliphatic carbocycles. The van der Waals surface area contributed by atoms with E-state index in [9.17, 15) is 19.4 Å². The number of quaternary nitrogens is 1. The highest BCUT2D eigenvalue weighted by Gasteiger charge is 2.28. The molecule has 3 N–H and O–H groups in total. The predicted molar refractivity (Wildman–Crippen MR) is 391 cm³/mol. The van der Waals surface area contributed by atoms with Crippen molar-refractivity contribution in [2.45, 2.75) is 315 Å². The third kappa shape index (κ3) is 71.7. The topological polar surface area (TPSA) is 105 Å². The molecular weight excluding hydrogens is 1120 g/mol. The smallest absolute Gasteiger partial charge is 0.387 e. The maximum atomic E-state index is 13.1. The lowest BCUT2D eigenvalue weighted by Crippen LogP contribution is -2.45. The van der Waals surface area contributed by atoms with Gasteiger partial charge >= 0.3 is 7.82 Å². The zero-order valence-corrected chi connectivity index (χ0v) is 59.3. The SMILES string of the molecule is CC/C=C\C/C=C\C/C=C\C/C=C\C/C=C\C/C=C\C/C=C\C/C=C\C/C=C\C/C=C\C/C=C\CCCCCCCC(=O)NC(COP(=O)(O)OCC[N+](C)(C)C)C(O)/C=C/CCCCCCCCCCCCCCCCCCCCCCCCCCCC.